The van der Waals surface area contributed by atoms with Gasteiger partial charge in [0.15, 0.2) is 0 Å². The van der Waals surface area contributed by atoms with Crippen molar-refractivity contribution in [1.29, 1.82) is 0 Å². The van der Waals surface area contributed by atoms with Crippen LogP contribution in [0.1, 0.15) is 43.0 Å². The van der Waals surface area contributed by atoms with Gasteiger partial charge in [0.25, 0.3) is 0 Å². The van der Waals surface area contributed by atoms with E-state index in [-0.39, 0.29) is 17.7 Å². The summed E-state index contributed by atoms with van der Waals surface area (Å²) in [6.07, 6.45) is 7.23. The molecule has 5 rings (SSSR count). The summed E-state index contributed by atoms with van der Waals surface area (Å²) < 4.78 is 8.17. The zero-order valence-corrected chi connectivity index (χ0v) is 23.1. The first kappa shape index (κ1) is 26.7. The quantitative estimate of drug-likeness (QED) is 0.335. The molecule has 8 heteroatoms. The summed E-state index contributed by atoms with van der Waals surface area (Å²) in [6.45, 7) is 2.12. The van der Waals surface area contributed by atoms with Gasteiger partial charge < -0.3 is 20.3 Å². The molecule has 204 valence electrons. The number of hydrogen-bond acceptors (Lipinski definition) is 6. The van der Waals surface area contributed by atoms with Crippen LogP contribution in [0.4, 0.5) is 5.82 Å². The highest BCUT2D eigenvalue weighted by Crippen LogP contribution is 2.39. The standard InChI is InChI=1S/C31H38N6O2/c1-35(2)18-19-36(3)31(38)24-14-12-23(13-15-24)30-34-27(28-29(32)33-16-17-37(28)30)25-10-7-11-26(20-25)39-21-22-8-5-4-6-9-22/h4-11,16-17,20,23-24H,12-15,18-19,21H2,1-3H3,(H2,32,33). The number of fused-ring (bicyclic) bond motifs is 1. The molecule has 1 fully saturated rings. The lowest BCUT2D eigenvalue weighted by atomic mass is 9.81. The van der Waals surface area contributed by atoms with Crippen molar-refractivity contribution in [2.45, 2.75) is 38.2 Å². The summed E-state index contributed by atoms with van der Waals surface area (Å²) >= 11 is 0. The molecule has 0 unspecified atom stereocenters. The van der Waals surface area contributed by atoms with Crippen molar-refractivity contribution in [3.05, 3.63) is 78.4 Å². The van der Waals surface area contributed by atoms with Crippen LogP contribution in [0.2, 0.25) is 0 Å². The number of ether oxygens (including phenoxy) is 1. The van der Waals surface area contributed by atoms with Gasteiger partial charge in [-0.25, -0.2) is 9.97 Å². The number of hydrogen-bond donors (Lipinski definition) is 1. The van der Waals surface area contributed by atoms with Crippen molar-refractivity contribution < 1.29 is 9.53 Å². The van der Waals surface area contributed by atoms with Gasteiger partial charge >= 0.3 is 0 Å². The second kappa shape index (κ2) is 11.9. The van der Waals surface area contributed by atoms with E-state index in [4.69, 9.17) is 15.5 Å². The Morgan fingerprint density at radius 3 is 2.54 bits per heavy atom. The lowest BCUT2D eigenvalue weighted by molar-refractivity contribution is -0.135. The number of carbonyl (C=O) groups is 1. The molecule has 1 saturated carbocycles. The number of nitrogen functional groups attached to an aromatic ring is 1. The highest BCUT2D eigenvalue weighted by molar-refractivity contribution is 5.85. The molecule has 0 atom stereocenters. The number of anilines is 1. The summed E-state index contributed by atoms with van der Waals surface area (Å²) in [7, 11) is 5.98. The summed E-state index contributed by atoms with van der Waals surface area (Å²) in [5.74, 6) is 2.79. The number of rotatable bonds is 9. The van der Waals surface area contributed by atoms with Gasteiger partial charge in [0.2, 0.25) is 5.91 Å². The number of imidazole rings is 1. The summed E-state index contributed by atoms with van der Waals surface area (Å²) in [6, 6.07) is 18.1. The zero-order chi connectivity index (χ0) is 27.4. The van der Waals surface area contributed by atoms with E-state index in [1.54, 1.807) is 6.20 Å². The average molecular weight is 527 g/mol. The van der Waals surface area contributed by atoms with Crippen molar-refractivity contribution in [2.75, 3.05) is 40.0 Å². The molecule has 39 heavy (non-hydrogen) atoms. The molecule has 0 spiro atoms. The molecular weight excluding hydrogens is 488 g/mol. The Bertz CT molecular complexity index is 1410. The maximum absolute atomic E-state index is 13.0. The van der Waals surface area contributed by atoms with Gasteiger partial charge in [-0.2, -0.15) is 0 Å². The van der Waals surface area contributed by atoms with Crippen LogP contribution in [0.5, 0.6) is 5.75 Å². The fraction of sp³-hybridized carbons (Fsp3) is 0.387. The van der Waals surface area contributed by atoms with Crippen molar-refractivity contribution in [1.82, 2.24) is 24.2 Å². The van der Waals surface area contributed by atoms with Crippen molar-refractivity contribution in [3.63, 3.8) is 0 Å². The predicted octanol–water partition coefficient (Wildman–Crippen LogP) is 4.85. The molecule has 0 saturated heterocycles. The molecule has 4 aromatic rings. The summed E-state index contributed by atoms with van der Waals surface area (Å²) in [5, 5.41) is 0. The SMILES string of the molecule is CN(C)CCN(C)C(=O)C1CCC(c2nc(-c3cccc(OCc4ccccc4)c3)c3c(N)nccn23)CC1. The maximum Gasteiger partial charge on any atom is 0.225 e. The minimum Gasteiger partial charge on any atom is -0.489 e. The van der Waals surface area contributed by atoms with Gasteiger partial charge in [-0.3, -0.25) is 9.20 Å². The Morgan fingerprint density at radius 1 is 1.03 bits per heavy atom. The largest absolute Gasteiger partial charge is 0.489 e. The number of nitrogens with zero attached hydrogens (tertiary/aromatic N) is 5. The third-order valence-corrected chi connectivity index (χ3v) is 7.67. The van der Waals surface area contributed by atoms with Crippen LogP contribution < -0.4 is 10.5 Å². The highest BCUT2D eigenvalue weighted by atomic mass is 16.5. The van der Waals surface area contributed by atoms with Crippen LogP contribution >= 0.6 is 0 Å². The molecule has 2 aromatic carbocycles. The zero-order valence-electron chi connectivity index (χ0n) is 23.1. The predicted molar refractivity (Wildman–Crippen MR) is 154 cm³/mol. The van der Waals surface area contributed by atoms with E-state index in [0.29, 0.717) is 12.4 Å². The average Bonchev–Trinajstić information content (AvgIpc) is 3.36. The van der Waals surface area contributed by atoms with E-state index in [9.17, 15) is 4.79 Å². The van der Waals surface area contributed by atoms with E-state index < -0.39 is 0 Å². The fourth-order valence-electron chi connectivity index (χ4n) is 5.42. The van der Waals surface area contributed by atoms with Gasteiger partial charge in [0, 0.05) is 49.9 Å². The topological polar surface area (TPSA) is 89.0 Å². The van der Waals surface area contributed by atoms with Crippen LogP contribution in [-0.2, 0) is 11.4 Å². The van der Waals surface area contributed by atoms with Crippen molar-refractivity contribution in [2.24, 2.45) is 5.92 Å². The molecule has 0 bridgehead atoms. The first-order valence-corrected chi connectivity index (χ1v) is 13.7. The number of likely N-dealkylation sites (N-methyl/N-ethyl adjacent to an activating group) is 2. The van der Waals surface area contributed by atoms with E-state index in [2.05, 4.69) is 26.4 Å². The number of aromatic nitrogens is 3. The van der Waals surface area contributed by atoms with Crippen LogP contribution in [-0.4, -0.2) is 64.3 Å². The summed E-state index contributed by atoms with van der Waals surface area (Å²) in [5.41, 5.74) is 10.1. The molecule has 2 aromatic heterocycles. The maximum atomic E-state index is 13.0. The van der Waals surface area contributed by atoms with E-state index in [1.807, 2.05) is 74.7 Å². The monoisotopic (exact) mass is 526 g/mol. The summed E-state index contributed by atoms with van der Waals surface area (Å²) in [4.78, 5) is 26.5. The van der Waals surface area contributed by atoms with Gasteiger partial charge in [0.05, 0.1) is 0 Å². The molecule has 0 radical (unpaired) electrons. The first-order chi connectivity index (χ1) is 18.9. The molecule has 1 amide bonds. The van der Waals surface area contributed by atoms with E-state index in [0.717, 1.165) is 72.7 Å². The number of amides is 1. The first-order valence-electron chi connectivity index (χ1n) is 13.7. The van der Waals surface area contributed by atoms with Gasteiger partial charge in [-0.05, 0) is 57.5 Å². The van der Waals surface area contributed by atoms with Crippen LogP contribution in [0, 0.1) is 5.92 Å². The van der Waals surface area contributed by atoms with Crippen molar-refractivity contribution >= 4 is 17.2 Å². The second-order valence-electron chi connectivity index (χ2n) is 10.8. The Kier molecular flexibility index (Phi) is 8.12. The molecule has 2 N–H and O–H groups in total. The smallest absolute Gasteiger partial charge is 0.225 e. The normalized spacial score (nSPS) is 17.4. The van der Waals surface area contributed by atoms with Gasteiger partial charge in [-0.1, -0.05) is 42.5 Å². The second-order valence-corrected chi connectivity index (χ2v) is 10.8. The Balaban J connectivity index is 1.35. The Labute approximate surface area is 230 Å². The van der Waals surface area contributed by atoms with Crippen LogP contribution in [0.3, 0.4) is 0 Å². The molecule has 0 aliphatic heterocycles. The minimum absolute atomic E-state index is 0.0734. The van der Waals surface area contributed by atoms with Crippen molar-refractivity contribution in [3.8, 4) is 17.0 Å². The lowest BCUT2D eigenvalue weighted by Crippen LogP contribution is -2.38. The minimum atomic E-state index is 0.0734. The molecule has 8 nitrogen and oxygen atoms in total. The molecule has 1 aliphatic rings. The number of nitrogens with two attached hydrogens (primary N) is 1. The van der Waals surface area contributed by atoms with E-state index in [1.165, 1.54) is 0 Å². The third kappa shape index (κ3) is 6.06. The molecule has 1 aliphatic carbocycles. The molecular formula is C31H38N6O2. The van der Waals surface area contributed by atoms with E-state index >= 15 is 0 Å². The van der Waals surface area contributed by atoms with Crippen LogP contribution in [0.25, 0.3) is 16.8 Å². The van der Waals surface area contributed by atoms with Gasteiger partial charge in [0.1, 0.15) is 35.2 Å². The Hall–Kier alpha value is -3.91. The fourth-order valence-corrected chi connectivity index (χ4v) is 5.42. The third-order valence-electron chi connectivity index (χ3n) is 7.67. The van der Waals surface area contributed by atoms with Crippen LogP contribution in [0.15, 0.2) is 67.0 Å². The number of carbonyl (C=O) groups excluding carboxylic acids is 1. The number of benzene rings is 2. The molecule has 2 heterocycles. The lowest BCUT2D eigenvalue weighted by Gasteiger charge is -2.30. The van der Waals surface area contributed by atoms with Gasteiger partial charge in [-0.15, -0.1) is 0 Å². The highest BCUT2D eigenvalue weighted by Gasteiger charge is 2.31. The Morgan fingerprint density at radius 2 is 1.79 bits per heavy atom.